The van der Waals surface area contributed by atoms with Crippen molar-refractivity contribution < 1.29 is 12.9 Å². The van der Waals surface area contributed by atoms with Crippen molar-refractivity contribution in [2.75, 3.05) is 13.3 Å². The van der Waals surface area contributed by atoms with Crippen molar-refractivity contribution >= 4 is 9.84 Å². The number of nitrogens with one attached hydrogen (secondary N) is 1. The maximum Gasteiger partial charge on any atom is 0.231 e. The molecule has 7 heteroatoms. The van der Waals surface area contributed by atoms with Crippen LogP contribution in [0.2, 0.25) is 0 Å². The van der Waals surface area contributed by atoms with Crippen LogP contribution in [0.1, 0.15) is 31.5 Å². The first-order valence-electron chi connectivity index (χ1n) is 5.01. The normalized spacial score (nSPS) is 16.0. The summed E-state index contributed by atoms with van der Waals surface area (Å²) in [4.78, 5) is 4.07. The molecule has 16 heavy (non-hydrogen) atoms. The van der Waals surface area contributed by atoms with E-state index in [0.717, 1.165) is 6.26 Å². The molecular formula is C9H17N3O3S. The molecule has 1 heterocycles. The van der Waals surface area contributed by atoms with Gasteiger partial charge in [0, 0.05) is 12.3 Å². The highest BCUT2D eigenvalue weighted by Gasteiger charge is 2.20. The summed E-state index contributed by atoms with van der Waals surface area (Å²) in [5, 5.41) is 6.72. The quantitative estimate of drug-likeness (QED) is 0.807. The van der Waals surface area contributed by atoms with Gasteiger partial charge in [-0.25, -0.2) is 8.42 Å². The monoisotopic (exact) mass is 247 g/mol. The van der Waals surface area contributed by atoms with E-state index in [9.17, 15) is 8.42 Å². The lowest BCUT2D eigenvalue weighted by atomic mass is 10.0. The third-order valence-electron chi connectivity index (χ3n) is 2.47. The summed E-state index contributed by atoms with van der Waals surface area (Å²) in [6, 6.07) is 0.187. The van der Waals surface area contributed by atoms with E-state index in [4.69, 9.17) is 4.52 Å². The standard InChI is InChI=1S/C9H17N3O3S/c1-6(7(2)10-3)9-11-8(12-15-9)5-16(4,13)14/h6-7,10H,5H2,1-4H3. The molecule has 0 aliphatic rings. The molecule has 0 aliphatic carbocycles. The number of nitrogens with zero attached hydrogens (tertiary/aromatic N) is 2. The zero-order valence-corrected chi connectivity index (χ0v) is 10.7. The molecule has 2 atom stereocenters. The fraction of sp³-hybridized carbons (Fsp3) is 0.778. The Kier molecular flexibility index (Phi) is 4.03. The van der Waals surface area contributed by atoms with E-state index in [1.807, 2.05) is 20.9 Å². The van der Waals surface area contributed by atoms with Crippen molar-refractivity contribution in [1.29, 1.82) is 0 Å². The minimum atomic E-state index is -3.12. The fourth-order valence-electron chi connectivity index (χ4n) is 1.21. The van der Waals surface area contributed by atoms with Gasteiger partial charge in [-0.05, 0) is 14.0 Å². The molecule has 0 bridgehead atoms. The average Bonchev–Trinajstić information content (AvgIpc) is 2.61. The van der Waals surface area contributed by atoms with E-state index in [1.165, 1.54) is 0 Å². The topological polar surface area (TPSA) is 85.1 Å². The Morgan fingerprint density at radius 1 is 1.44 bits per heavy atom. The van der Waals surface area contributed by atoms with Crippen molar-refractivity contribution in [3.8, 4) is 0 Å². The molecule has 0 aromatic carbocycles. The predicted octanol–water partition coefficient (Wildman–Crippen LogP) is 0.326. The molecule has 1 aromatic rings. The lowest BCUT2D eigenvalue weighted by Gasteiger charge is -2.14. The Morgan fingerprint density at radius 3 is 2.56 bits per heavy atom. The largest absolute Gasteiger partial charge is 0.339 e. The minimum Gasteiger partial charge on any atom is -0.339 e. The maximum atomic E-state index is 11.0. The zero-order chi connectivity index (χ0) is 12.3. The van der Waals surface area contributed by atoms with Gasteiger partial charge in [-0.3, -0.25) is 0 Å². The van der Waals surface area contributed by atoms with Crippen LogP contribution in [0.25, 0.3) is 0 Å². The van der Waals surface area contributed by atoms with Crippen molar-refractivity contribution in [2.24, 2.45) is 0 Å². The van der Waals surface area contributed by atoms with Crippen molar-refractivity contribution in [3.05, 3.63) is 11.7 Å². The van der Waals surface area contributed by atoms with Gasteiger partial charge in [0.25, 0.3) is 0 Å². The fourth-order valence-corrected chi connectivity index (χ4v) is 1.80. The van der Waals surface area contributed by atoms with E-state index in [-0.39, 0.29) is 23.5 Å². The molecule has 1 N–H and O–H groups in total. The first-order chi connectivity index (χ1) is 7.33. The van der Waals surface area contributed by atoms with Gasteiger partial charge in [-0.15, -0.1) is 0 Å². The highest BCUT2D eigenvalue weighted by Crippen LogP contribution is 2.17. The number of hydrogen-bond acceptors (Lipinski definition) is 6. The van der Waals surface area contributed by atoms with Crippen LogP contribution in [0.5, 0.6) is 0 Å². The summed E-state index contributed by atoms with van der Waals surface area (Å²) >= 11 is 0. The van der Waals surface area contributed by atoms with E-state index >= 15 is 0 Å². The molecule has 1 rings (SSSR count). The van der Waals surface area contributed by atoms with Gasteiger partial charge >= 0.3 is 0 Å². The van der Waals surface area contributed by atoms with Gasteiger partial charge in [0.15, 0.2) is 15.7 Å². The van der Waals surface area contributed by atoms with Gasteiger partial charge < -0.3 is 9.84 Å². The number of rotatable bonds is 5. The Morgan fingerprint density at radius 2 is 2.06 bits per heavy atom. The van der Waals surface area contributed by atoms with Crippen molar-refractivity contribution in [3.63, 3.8) is 0 Å². The van der Waals surface area contributed by atoms with E-state index in [1.54, 1.807) is 0 Å². The molecule has 92 valence electrons. The van der Waals surface area contributed by atoms with Crippen LogP contribution in [0.4, 0.5) is 0 Å². The predicted molar refractivity (Wildman–Crippen MR) is 59.8 cm³/mol. The van der Waals surface area contributed by atoms with Crippen LogP contribution < -0.4 is 5.32 Å². The molecule has 0 saturated carbocycles. The van der Waals surface area contributed by atoms with Crippen molar-refractivity contribution in [2.45, 2.75) is 31.6 Å². The van der Waals surface area contributed by atoms with Gasteiger partial charge in [-0.1, -0.05) is 12.1 Å². The SMILES string of the molecule is CNC(C)C(C)c1nc(CS(C)(=O)=O)no1. The smallest absolute Gasteiger partial charge is 0.231 e. The summed E-state index contributed by atoms with van der Waals surface area (Å²) in [5.41, 5.74) is 0. The Bertz CT molecular complexity index is 441. The van der Waals surface area contributed by atoms with Crippen LogP contribution >= 0.6 is 0 Å². The van der Waals surface area contributed by atoms with Crippen LogP contribution in [0.3, 0.4) is 0 Å². The Balaban J connectivity index is 2.79. The highest BCUT2D eigenvalue weighted by molar-refractivity contribution is 7.89. The average molecular weight is 247 g/mol. The van der Waals surface area contributed by atoms with Crippen LogP contribution in [-0.2, 0) is 15.6 Å². The molecule has 0 radical (unpaired) electrons. The van der Waals surface area contributed by atoms with Crippen LogP contribution in [-0.4, -0.2) is 37.9 Å². The third-order valence-corrected chi connectivity index (χ3v) is 3.25. The maximum absolute atomic E-state index is 11.0. The summed E-state index contributed by atoms with van der Waals surface area (Å²) in [7, 11) is -1.27. The number of sulfone groups is 1. The number of hydrogen-bond donors (Lipinski definition) is 1. The molecule has 1 aromatic heterocycles. The highest BCUT2D eigenvalue weighted by atomic mass is 32.2. The molecule has 0 spiro atoms. The molecule has 2 unspecified atom stereocenters. The van der Waals surface area contributed by atoms with E-state index < -0.39 is 9.84 Å². The van der Waals surface area contributed by atoms with Crippen molar-refractivity contribution in [1.82, 2.24) is 15.5 Å². The zero-order valence-electron chi connectivity index (χ0n) is 9.89. The minimum absolute atomic E-state index is 0.0470. The molecule has 0 fully saturated rings. The number of likely N-dealkylation sites (N-methyl/N-ethyl adjacent to an activating group) is 1. The van der Waals surface area contributed by atoms with Gasteiger partial charge in [0.05, 0.1) is 5.92 Å². The van der Waals surface area contributed by atoms with Crippen LogP contribution in [0, 0.1) is 0 Å². The van der Waals surface area contributed by atoms with Gasteiger partial charge in [0.1, 0.15) is 5.75 Å². The summed E-state index contributed by atoms with van der Waals surface area (Å²) in [6.45, 7) is 3.93. The second-order valence-corrected chi connectivity index (χ2v) is 6.13. The summed E-state index contributed by atoms with van der Waals surface area (Å²) < 4.78 is 27.1. The Labute approximate surface area is 95.3 Å². The van der Waals surface area contributed by atoms with Gasteiger partial charge in [-0.2, -0.15) is 4.98 Å². The lowest BCUT2D eigenvalue weighted by Crippen LogP contribution is -2.27. The lowest BCUT2D eigenvalue weighted by molar-refractivity contribution is 0.333. The first-order valence-corrected chi connectivity index (χ1v) is 7.07. The molecule has 0 aliphatic heterocycles. The van der Waals surface area contributed by atoms with Crippen LogP contribution in [0.15, 0.2) is 4.52 Å². The molecule has 0 amide bonds. The van der Waals surface area contributed by atoms with Gasteiger partial charge in [0.2, 0.25) is 5.89 Å². The third kappa shape index (κ3) is 3.57. The molecule has 0 saturated heterocycles. The Hall–Kier alpha value is -0.950. The van der Waals surface area contributed by atoms with E-state index in [2.05, 4.69) is 15.5 Å². The second-order valence-electron chi connectivity index (χ2n) is 3.98. The molecule has 6 nitrogen and oxygen atoms in total. The first kappa shape index (κ1) is 13.1. The second kappa shape index (κ2) is 4.92. The summed E-state index contributed by atoms with van der Waals surface area (Å²) in [6.07, 6.45) is 1.14. The summed E-state index contributed by atoms with van der Waals surface area (Å²) in [5.74, 6) is 0.538. The van der Waals surface area contributed by atoms with E-state index in [0.29, 0.717) is 5.89 Å². The number of aromatic nitrogens is 2. The molecular weight excluding hydrogens is 230 g/mol.